The Balaban J connectivity index is 2.48. The zero-order valence-corrected chi connectivity index (χ0v) is 12.3. The maximum Gasteiger partial charge on any atom is 0.160 e. The van der Waals surface area contributed by atoms with Gasteiger partial charge in [-0.15, -0.1) is 11.8 Å². The van der Waals surface area contributed by atoms with E-state index < -0.39 is 9.84 Å². The second kappa shape index (κ2) is 5.71. The number of nitrogens with zero attached hydrogens (tertiary/aromatic N) is 2. The van der Waals surface area contributed by atoms with Crippen LogP contribution >= 0.6 is 11.8 Å². The van der Waals surface area contributed by atoms with Gasteiger partial charge in [0.1, 0.15) is 5.03 Å². The van der Waals surface area contributed by atoms with Crippen LogP contribution in [-0.2, 0) is 15.6 Å². The fourth-order valence-electron chi connectivity index (χ4n) is 1.64. The first kappa shape index (κ1) is 14.0. The maximum atomic E-state index is 11.4. The topological polar surface area (TPSA) is 59.9 Å². The minimum absolute atomic E-state index is 0.0666. The lowest BCUT2D eigenvalue weighted by molar-refractivity contribution is 0.600. The van der Waals surface area contributed by atoms with Crippen LogP contribution < -0.4 is 0 Å². The summed E-state index contributed by atoms with van der Waals surface area (Å²) in [4.78, 5) is 8.74. The second-order valence-corrected chi connectivity index (χ2v) is 7.13. The lowest BCUT2D eigenvalue weighted by Crippen LogP contribution is -2.05. The van der Waals surface area contributed by atoms with Crippen molar-refractivity contribution in [1.29, 1.82) is 0 Å². The van der Waals surface area contributed by atoms with Crippen molar-refractivity contribution in [1.82, 2.24) is 9.97 Å². The van der Waals surface area contributed by atoms with Gasteiger partial charge < -0.3 is 0 Å². The van der Waals surface area contributed by atoms with E-state index in [2.05, 4.69) is 9.97 Å². The van der Waals surface area contributed by atoms with Gasteiger partial charge in [0.15, 0.2) is 15.7 Å². The second-order valence-electron chi connectivity index (χ2n) is 4.16. The number of aromatic nitrogens is 2. The molecule has 1 heterocycles. The molecule has 0 aliphatic rings. The molecular formula is C13H14N2O2S2. The van der Waals surface area contributed by atoms with Crippen molar-refractivity contribution in [3.8, 4) is 11.4 Å². The summed E-state index contributed by atoms with van der Waals surface area (Å²) in [6, 6.07) is 11.3. The van der Waals surface area contributed by atoms with Crippen LogP contribution in [-0.4, -0.2) is 30.9 Å². The maximum absolute atomic E-state index is 11.4. The molecule has 4 nitrogen and oxygen atoms in total. The molecule has 0 bridgehead atoms. The van der Waals surface area contributed by atoms with Crippen molar-refractivity contribution in [2.75, 3.05) is 12.5 Å². The lowest BCUT2D eigenvalue weighted by atomic mass is 10.2. The van der Waals surface area contributed by atoms with Crippen molar-refractivity contribution < 1.29 is 8.42 Å². The molecule has 0 spiro atoms. The molecule has 2 rings (SSSR count). The minimum atomic E-state index is -3.10. The molecule has 0 radical (unpaired) electrons. The van der Waals surface area contributed by atoms with Gasteiger partial charge >= 0.3 is 0 Å². The van der Waals surface area contributed by atoms with Gasteiger partial charge in [-0.25, -0.2) is 18.4 Å². The van der Waals surface area contributed by atoms with E-state index in [1.807, 2.05) is 36.6 Å². The fraction of sp³-hybridized carbons (Fsp3) is 0.231. The third kappa shape index (κ3) is 4.04. The lowest BCUT2D eigenvalue weighted by Gasteiger charge is -2.06. The summed E-state index contributed by atoms with van der Waals surface area (Å²) in [6.07, 6.45) is 3.11. The quantitative estimate of drug-likeness (QED) is 0.640. The number of benzene rings is 1. The van der Waals surface area contributed by atoms with E-state index in [0.29, 0.717) is 11.5 Å². The highest BCUT2D eigenvalue weighted by atomic mass is 32.2. The van der Waals surface area contributed by atoms with Crippen molar-refractivity contribution in [3.05, 3.63) is 42.1 Å². The van der Waals surface area contributed by atoms with E-state index in [1.54, 1.807) is 6.07 Å². The molecule has 0 atom stereocenters. The third-order valence-corrected chi connectivity index (χ3v) is 3.85. The summed E-state index contributed by atoms with van der Waals surface area (Å²) >= 11 is 1.47. The Kier molecular flexibility index (Phi) is 4.21. The summed E-state index contributed by atoms with van der Waals surface area (Å²) in [7, 11) is -3.10. The van der Waals surface area contributed by atoms with Gasteiger partial charge in [-0.3, -0.25) is 0 Å². The summed E-state index contributed by atoms with van der Waals surface area (Å²) in [5.41, 5.74) is 1.41. The summed E-state index contributed by atoms with van der Waals surface area (Å²) < 4.78 is 22.8. The molecule has 0 saturated carbocycles. The van der Waals surface area contributed by atoms with Crippen LogP contribution in [0.4, 0.5) is 0 Å². The number of hydrogen-bond donors (Lipinski definition) is 0. The predicted octanol–water partition coefficient (Wildman–Crippen LogP) is 2.41. The van der Waals surface area contributed by atoms with Crippen LogP contribution in [0.2, 0.25) is 0 Å². The number of hydrogen-bond acceptors (Lipinski definition) is 5. The van der Waals surface area contributed by atoms with Crippen molar-refractivity contribution in [2.45, 2.75) is 10.8 Å². The van der Waals surface area contributed by atoms with Crippen LogP contribution in [0.5, 0.6) is 0 Å². The molecule has 0 aliphatic carbocycles. The minimum Gasteiger partial charge on any atom is -0.232 e. The number of sulfone groups is 1. The molecule has 0 aliphatic heterocycles. The van der Waals surface area contributed by atoms with Crippen LogP contribution in [0.1, 0.15) is 5.69 Å². The molecular weight excluding hydrogens is 280 g/mol. The Labute approximate surface area is 117 Å². The predicted molar refractivity (Wildman–Crippen MR) is 77.8 cm³/mol. The number of rotatable bonds is 4. The highest BCUT2D eigenvalue weighted by Crippen LogP contribution is 2.20. The first-order valence-corrected chi connectivity index (χ1v) is 8.91. The van der Waals surface area contributed by atoms with Crippen LogP contribution in [0.25, 0.3) is 11.4 Å². The molecule has 19 heavy (non-hydrogen) atoms. The van der Waals surface area contributed by atoms with Gasteiger partial charge in [0.05, 0.1) is 11.4 Å². The Hall–Kier alpha value is -1.40. The van der Waals surface area contributed by atoms with E-state index in [4.69, 9.17) is 0 Å². The van der Waals surface area contributed by atoms with Crippen molar-refractivity contribution in [3.63, 3.8) is 0 Å². The van der Waals surface area contributed by atoms with Crippen molar-refractivity contribution in [2.24, 2.45) is 0 Å². The SMILES string of the molecule is CSc1cc(CS(C)(=O)=O)nc(-c2ccccc2)n1. The zero-order chi connectivity index (χ0) is 13.9. The Bertz CT molecular complexity index is 670. The van der Waals surface area contributed by atoms with Gasteiger partial charge in [0, 0.05) is 11.8 Å². The zero-order valence-electron chi connectivity index (χ0n) is 10.7. The molecule has 1 aromatic carbocycles. The summed E-state index contributed by atoms with van der Waals surface area (Å²) in [6.45, 7) is 0. The summed E-state index contributed by atoms with van der Waals surface area (Å²) in [5, 5.41) is 0.771. The van der Waals surface area contributed by atoms with Crippen LogP contribution in [0.15, 0.2) is 41.4 Å². The fourth-order valence-corrected chi connectivity index (χ4v) is 2.75. The Morgan fingerprint density at radius 1 is 1.16 bits per heavy atom. The molecule has 0 fully saturated rings. The summed E-state index contributed by atoms with van der Waals surface area (Å²) in [5.74, 6) is 0.495. The molecule has 0 saturated heterocycles. The average molecular weight is 294 g/mol. The molecule has 100 valence electrons. The largest absolute Gasteiger partial charge is 0.232 e. The monoisotopic (exact) mass is 294 g/mol. The van der Waals surface area contributed by atoms with Gasteiger partial charge in [-0.2, -0.15) is 0 Å². The van der Waals surface area contributed by atoms with Crippen LogP contribution in [0, 0.1) is 0 Å². The van der Waals surface area contributed by atoms with Crippen molar-refractivity contribution >= 4 is 21.6 Å². The van der Waals surface area contributed by atoms with Gasteiger partial charge in [0.2, 0.25) is 0 Å². The smallest absolute Gasteiger partial charge is 0.160 e. The van der Waals surface area contributed by atoms with Gasteiger partial charge in [0.25, 0.3) is 0 Å². The number of thioether (sulfide) groups is 1. The molecule has 0 amide bonds. The molecule has 6 heteroatoms. The average Bonchev–Trinajstić information content (AvgIpc) is 2.37. The van der Waals surface area contributed by atoms with E-state index in [-0.39, 0.29) is 5.75 Å². The highest BCUT2D eigenvalue weighted by molar-refractivity contribution is 7.98. The molecule has 0 N–H and O–H groups in total. The van der Waals surface area contributed by atoms with E-state index >= 15 is 0 Å². The van der Waals surface area contributed by atoms with E-state index in [0.717, 1.165) is 10.6 Å². The molecule has 1 aromatic heterocycles. The van der Waals surface area contributed by atoms with Gasteiger partial charge in [-0.1, -0.05) is 30.3 Å². The Morgan fingerprint density at radius 2 is 1.84 bits per heavy atom. The Morgan fingerprint density at radius 3 is 2.42 bits per heavy atom. The third-order valence-electron chi connectivity index (χ3n) is 2.41. The molecule has 2 aromatic rings. The van der Waals surface area contributed by atoms with E-state index in [1.165, 1.54) is 18.0 Å². The first-order valence-electron chi connectivity index (χ1n) is 5.63. The first-order chi connectivity index (χ1) is 8.98. The van der Waals surface area contributed by atoms with Crippen LogP contribution in [0.3, 0.4) is 0 Å². The normalized spacial score (nSPS) is 11.5. The molecule has 0 unspecified atom stereocenters. The van der Waals surface area contributed by atoms with E-state index in [9.17, 15) is 8.42 Å². The van der Waals surface area contributed by atoms with Gasteiger partial charge in [-0.05, 0) is 12.3 Å². The standard InChI is InChI=1S/C13H14N2O2S2/c1-18-12-8-11(9-19(2,16)17)14-13(15-12)10-6-4-3-5-7-10/h3-8H,9H2,1-2H3. The highest BCUT2D eigenvalue weighted by Gasteiger charge is 2.11.